The van der Waals surface area contributed by atoms with Crippen molar-refractivity contribution in [1.29, 1.82) is 0 Å². The van der Waals surface area contributed by atoms with Crippen molar-refractivity contribution in [3.8, 4) is 23.0 Å². The third-order valence-electron chi connectivity index (χ3n) is 4.33. The SMILES string of the molecule is COc1ccc(O)c(C(C)(C)C)c1.COc1ccc(O)c(C(C)(C)C)c1.O=C(O)CC(=O)O. The Morgan fingerprint density at radius 3 is 1.18 bits per heavy atom. The quantitative estimate of drug-likeness (QED) is 0.468. The second-order valence-electron chi connectivity index (χ2n) is 9.23. The zero-order chi connectivity index (χ0) is 26.0. The lowest BCUT2D eigenvalue weighted by Crippen LogP contribution is -2.11. The molecule has 0 aromatic heterocycles. The van der Waals surface area contributed by atoms with Crippen molar-refractivity contribution in [3.05, 3.63) is 47.5 Å². The van der Waals surface area contributed by atoms with Crippen molar-refractivity contribution in [2.45, 2.75) is 58.8 Å². The number of carboxylic acid groups (broad SMARTS) is 2. The molecule has 0 unspecified atom stereocenters. The van der Waals surface area contributed by atoms with Crippen molar-refractivity contribution < 1.29 is 39.5 Å². The van der Waals surface area contributed by atoms with Crippen LogP contribution < -0.4 is 9.47 Å². The molecule has 0 atom stereocenters. The number of carbonyl (C=O) groups is 2. The molecule has 33 heavy (non-hydrogen) atoms. The standard InChI is InChI=1S/2C11H16O2.C3H4O4/c2*1-11(2,3)9-7-8(13-4)5-6-10(9)12;4-2(5)1-3(6)7/h2*5-7,12H,1-4H3;1H2,(H,4,5)(H,6,7). The Bertz CT molecular complexity index is 845. The summed E-state index contributed by atoms with van der Waals surface area (Å²) in [6, 6.07) is 10.6. The highest BCUT2D eigenvalue weighted by atomic mass is 16.5. The third-order valence-corrected chi connectivity index (χ3v) is 4.33. The van der Waals surface area contributed by atoms with E-state index in [4.69, 9.17) is 19.7 Å². The third kappa shape index (κ3) is 11.1. The molecular weight excluding hydrogens is 428 g/mol. The fourth-order valence-corrected chi connectivity index (χ4v) is 2.62. The van der Waals surface area contributed by atoms with Crippen LogP contribution in [0.5, 0.6) is 23.0 Å². The second-order valence-corrected chi connectivity index (χ2v) is 9.23. The van der Waals surface area contributed by atoms with E-state index in [-0.39, 0.29) is 10.8 Å². The van der Waals surface area contributed by atoms with Crippen molar-refractivity contribution >= 4 is 11.9 Å². The van der Waals surface area contributed by atoms with Gasteiger partial charge in [-0.2, -0.15) is 0 Å². The molecule has 8 heteroatoms. The molecule has 0 aliphatic heterocycles. The van der Waals surface area contributed by atoms with E-state index >= 15 is 0 Å². The highest BCUT2D eigenvalue weighted by Gasteiger charge is 2.19. The van der Waals surface area contributed by atoms with Gasteiger partial charge in [0, 0.05) is 11.1 Å². The summed E-state index contributed by atoms with van der Waals surface area (Å²) in [6.07, 6.45) is -0.806. The lowest BCUT2D eigenvalue weighted by molar-refractivity contribution is -0.147. The fraction of sp³-hybridized carbons (Fsp3) is 0.440. The highest BCUT2D eigenvalue weighted by molar-refractivity contribution is 5.88. The van der Waals surface area contributed by atoms with Gasteiger partial charge in [-0.25, -0.2) is 0 Å². The fourth-order valence-electron chi connectivity index (χ4n) is 2.62. The van der Waals surface area contributed by atoms with Gasteiger partial charge in [0.05, 0.1) is 14.2 Å². The van der Waals surface area contributed by atoms with Gasteiger partial charge in [-0.15, -0.1) is 0 Å². The summed E-state index contributed by atoms with van der Waals surface area (Å²) in [5.74, 6) is -0.410. The minimum absolute atomic E-state index is 0.0569. The number of phenols is 2. The highest BCUT2D eigenvalue weighted by Crippen LogP contribution is 2.34. The molecule has 0 amide bonds. The predicted molar refractivity (Wildman–Crippen MR) is 127 cm³/mol. The van der Waals surface area contributed by atoms with Crippen molar-refractivity contribution in [1.82, 2.24) is 0 Å². The molecule has 0 bridgehead atoms. The molecule has 0 saturated heterocycles. The van der Waals surface area contributed by atoms with E-state index in [1.165, 1.54) is 0 Å². The monoisotopic (exact) mass is 464 g/mol. The van der Waals surface area contributed by atoms with Crippen LogP contribution in [-0.2, 0) is 20.4 Å². The molecule has 2 rings (SSSR count). The summed E-state index contributed by atoms with van der Waals surface area (Å²) in [5, 5.41) is 34.6. The largest absolute Gasteiger partial charge is 0.508 e. The van der Waals surface area contributed by atoms with Crippen molar-refractivity contribution in [2.24, 2.45) is 0 Å². The number of aromatic hydroxyl groups is 2. The first-order chi connectivity index (χ1) is 15.0. The number of hydrogen-bond donors (Lipinski definition) is 4. The van der Waals surface area contributed by atoms with E-state index < -0.39 is 18.4 Å². The van der Waals surface area contributed by atoms with Crippen LogP contribution >= 0.6 is 0 Å². The Morgan fingerprint density at radius 1 is 0.697 bits per heavy atom. The molecule has 2 aromatic carbocycles. The van der Waals surface area contributed by atoms with Crippen LogP contribution in [0, 0.1) is 0 Å². The maximum absolute atomic E-state index is 9.61. The zero-order valence-electron chi connectivity index (χ0n) is 20.6. The summed E-state index contributed by atoms with van der Waals surface area (Å²) in [7, 11) is 3.25. The number of hydrogen-bond acceptors (Lipinski definition) is 6. The summed E-state index contributed by atoms with van der Waals surface area (Å²) >= 11 is 0. The number of rotatable bonds is 4. The van der Waals surface area contributed by atoms with Gasteiger partial charge in [-0.1, -0.05) is 41.5 Å². The van der Waals surface area contributed by atoms with Crippen molar-refractivity contribution in [2.75, 3.05) is 14.2 Å². The number of ether oxygens (including phenoxy) is 2. The summed E-state index contributed by atoms with van der Waals surface area (Å²) < 4.78 is 10.2. The van der Waals surface area contributed by atoms with Gasteiger partial charge in [0.2, 0.25) is 0 Å². The molecule has 8 nitrogen and oxygen atoms in total. The summed E-state index contributed by atoms with van der Waals surface area (Å²) in [6.45, 7) is 12.3. The Hall–Kier alpha value is -3.42. The number of aliphatic carboxylic acids is 2. The summed E-state index contributed by atoms with van der Waals surface area (Å²) in [4.78, 5) is 18.9. The van der Waals surface area contributed by atoms with Gasteiger partial charge in [-0.3, -0.25) is 9.59 Å². The molecule has 0 radical (unpaired) electrons. The van der Waals surface area contributed by atoms with Crippen molar-refractivity contribution in [3.63, 3.8) is 0 Å². The number of phenolic OH excluding ortho intramolecular Hbond substituents is 2. The molecular formula is C25H36O8. The topological polar surface area (TPSA) is 134 Å². The first-order valence-electron chi connectivity index (χ1n) is 10.2. The first kappa shape index (κ1) is 29.6. The van der Waals surface area contributed by atoms with Gasteiger partial charge in [0.25, 0.3) is 0 Å². The van der Waals surface area contributed by atoms with Crippen LogP contribution in [0.1, 0.15) is 59.1 Å². The molecule has 0 fully saturated rings. The maximum Gasteiger partial charge on any atom is 0.314 e. The number of carboxylic acids is 2. The van der Waals surface area contributed by atoms with E-state index in [9.17, 15) is 19.8 Å². The lowest BCUT2D eigenvalue weighted by atomic mass is 9.86. The first-order valence-corrected chi connectivity index (χ1v) is 10.2. The van der Waals surface area contributed by atoms with E-state index in [0.29, 0.717) is 11.5 Å². The maximum atomic E-state index is 9.61. The van der Waals surface area contributed by atoms with Gasteiger partial charge in [0.1, 0.15) is 29.4 Å². The molecule has 184 valence electrons. The van der Waals surface area contributed by atoms with E-state index in [1.54, 1.807) is 38.5 Å². The molecule has 0 spiro atoms. The normalized spacial score (nSPS) is 10.7. The average Bonchev–Trinajstić information content (AvgIpc) is 2.67. The van der Waals surface area contributed by atoms with E-state index in [1.807, 2.05) is 12.1 Å². The van der Waals surface area contributed by atoms with Crippen LogP contribution in [0.2, 0.25) is 0 Å². The van der Waals surface area contributed by atoms with Crippen LogP contribution in [0.3, 0.4) is 0 Å². The van der Waals surface area contributed by atoms with Crippen LogP contribution in [0.15, 0.2) is 36.4 Å². The predicted octanol–water partition coefficient (Wildman–Crippen LogP) is 4.94. The molecule has 4 N–H and O–H groups in total. The molecule has 0 saturated carbocycles. The minimum atomic E-state index is -1.31. The minimum Gasteiger partial charge on any atom is -0.508 e. The smallest absolute Gasteiger partial charge is 0.314 e. The van der Waals surface area contributed by atoms with E-state index in [2.05, 4.69) is 41.5 Å². The van der Waals surface area contributed by atoms with Gasteiger partial charge >= 0.3 is 11.9 Å². The van der Waals surface area contributed by atoms with Gasteiger partial charge in [-0.05, 0) is 47.2 Å². The zero-order valence-corrected chi connectivity index (χ0v) is 20.6. The van der Waals surface area contributed by atoms with Crippen LogP contribution in [0.25, 0.3) is 0 Å². The number of methoxy groups -OCH3 is 2. The van der Waals surface area contributed by atoms with E-state index in [0.717, 1.165) is 22.6 Å². The second kappa shape index (κ2) is 12.6. The summed E-state index contributed by atoms with van der Waals surface area (Å²) in [5.41, 5.74) is 1.70. The van der Waals surface area contributed by atoms with Gasteiger partial charge in [0.15, 0.2) is 0 Å². The van der Waals surface area contributed by atoms with Crippen LogP contribution in [-0.4, -0.2) is 46.6 Å². The van der Waals surface area contributed by atoms with Gasteiger partial charge < -0.3 is 29.9 Å². The lowest BCUT2D eigenvalue weighted by Gasteiger charge is -2.20. The Kier molecular flexibility index (Phi) is 11.3. The Balaban J connectivity index is 0.000000490. The molecule has 2 aromatic rings. The van der Waals surface area contributed by atoms with Crippen LogP contribution in [0.4, 0.5) is 0 Å². The number of benzene rings is 2. The Labute approximate surface area is 195 Å². The molecule has 0 aliphatic carbocycles. The Morgan fingerprint density at radius 2 is 1.00 bits per heavy atom. The average molecular weight is 465 g/mol. The molecule has 0 aliphatic rings. The molecule has 0 heterocycles.